The molecule has 0 saturated carbocycles. The van der Waals surface area contributed by atoms with Crippen molar-refractivity contribution >= 4 is 27.5 Å². The van der Waals surface area contributed by atoms with E-state index in [1.54, 1.807) is 12.1 Å². The molecule has 2 aromatic carbocycles. The highest BCUT2D eigenvalue weighted by molar-refractivity contribution is 7.16. The molecular formula is C19H19FN2OS. The lowest BCUT2D eigenvalue weighted by Crippen LogP contribution is -2.17. The van der Waals surface area contributed by atoms with E-state index in [4.69, 9.17) is 0 Å². The van der Waals surface area contributed by atoms with Crippen molar-refractivity contribution in [2.75, 3.05) is 0 Å². The van der Waals surface area contributed by atoms with Crippen LogP contribution in [0.25, 0.3) is 10.2 Å². The number of carbonyl (C=O) groups is 1. The number of nitrogens with zero attached hydrogens (tertiary/aromatic N) is 2. The van der Waals surface area contributed by atoms with E-state index in [9.17, 15) is 9.18 Å². The summed E-state index contributed by atoms with van der Waals surface area (Å²) in [5, 5.41) is 0. The number of benzene rings is 2. The van der Waals surface area contributed by atoms with Crippen molar-refractivity contribution < 1.29 is 9.18 Å². The Morgan fingerprint density at radius 3 is 2.71 bits per heavy atom. The number of hydrogen-bond donors (Lipinski definition) is 0. The van der Waals surface area contributed by atoms with E-state index in [0.29, 0.717) is 4.80 Å². The zero-order valence-electron chi connectivity index (χ0n) is 13.8. The van der Waals surface area contributed by atoms with Gasteiger partial charge >= 0.3 is 0 Å². The van der Waals surface area contributed by atoms with Gasteiger partial charge in [-0.3, -0.25) is 4.79 Å². The predicted octanol–water partition coefficient (Wildman–Crippen LogP) is 4.56. The zero-order chi connectivity index (χ0) is 17.1. The van der Waals surface area contributed by atoms with Gasteiger partial charge in [-0.05, 0) is 42.7 Å². The van der Waals surface area contributed by atoms with Crippen LogP contribution in [0.5, 0.6) is 0 Å². The molecule has 3 nitrogen and oxygen atoms in total. The fourth-order valence-electron chi connectivity index (χ4n) is 2.64. The molecular weight excluding hydrogens is 323 g/mol. The first-order valence-corrected chi connectivity index (χ1v) is 8.91. The number of fused-ring (bicyclic) bond motifs is 1. The van der Waals surface area contributed by atoms with Crippen molar-refractivity contribution in [1.29, 1.82) is 0 Å². The minimum Gasteiger partial charge on any atom is -0.316 e. The molecule has 5 heteroatoms. The lowest BCUT2D eigenvalue weighted by Gasteiger charge is -2.03. The summed E-state index contributed by atoms with van der Waals surface area (Å²) >= 11 is 1.48. The van der Waals surface area contributed by atoms with Crippen molar-refractivity contribution in [2.24, 2.45) is 4.99 Å². The first kappa shape index (κ1) is 16.6. The van der Waals surface area contributed by atoms with Gasteiger partial charge in [-0.25, -0.2) is 4.39 Å². The molecule has 0 bridgehead atoms. The number of rotatable bonds is 4. The Kier molecular flexibility index (Phi) is 4.90. The molecule has 1 amide bonds. The summed E-state index contributed by atoms with van der Waals surface area (Å²) in [6.07, 6.45) is 1.89. The summed E-state index contributed by atoms with van der Waals surface area (Å²) in [6.45, 7) is 4.97. The predicted molar refractivity (Wildman–Crippen MR) is 95.8 cm³/mol. The minimum atomic E-state index is -0.541. The number of carbonyl (C=O) groups excluding carboxylic acids is 1. The van der Waals surface area contributed by atoms with Gasteiger partial charge in [0.2, 0.25) is 0 Å². The van der Waals surface area contributed by atoms with Crippen LogP contribution in [0.15, 0.2) is 47.5 Å². The maximum atomic E-state index is 13.8. The van der Waals surface area contributed by atoms with E-state index in [2.05, 4.69) is 37.0 Å². The first-order valence-electron chi connectivity index (χ1n) is 8.10. The highest BCUT2D eigenvalue weighted by atomic mass is 32.1. The second-order valence-electron chi connectivity index (χ2n) is 5.59. The van der Waals surface area contributed by atoms with Crippen LogP contribution in [0.3, 0.4) is 0 Å². The van der Waals surface area contributed by atoms with E-state index in [-0.39, 0.29) is 5.56 Å². The number of aromatic nitrogens is 1. The molecule has 0 aliphatic carbocycles. The standard InChI is InChI=1S/C19H19FN2OS/c1-3-11-22-16-10-9-13(4-2)12-17(16)24-19(22)21-18(23)14-7-5-6-8-15(14)20/h5-10,12H,3-4,11H2,1-2H3. The fourth-order valence-corrected chi connectivity index (χ4v) is 3.76. The second-order valence-corrected chi connectivity index (χ2v) is 6.60. The van der Waals surface area contributed by atoms with Gasteiger partial charge in [-0.1, -0.05) is 43.4 Å². The number of hydrogen-bond acceptors (Lipinski definition) is 2. The van der Waals surface area contributed by atoms with E-state index in [0.717, 1.165) is 29.6 Å². The molecule has 0 unspecified atom stereocenters. The van der Waals surface area contributed by atoms with Crippen molar-refractivity contribution in [3.05, 3.63) is 64.2 Å². The van der Waals surface area contributed by atoms with Gasteiger partial charge in [0.25, 0.3) is 5.91 Å². The van der Waals surface area contributed by atoms with Crippen molar-refractivity contribution in [2.45, 2.75) is 33.2 Å². The van der Waals surface area contributed by atoms with Crippen LogP contribution in [0.2, 0.25) is 0 Å². The van der Waals surface area contributed by atoms with Gasteiger partial charge in [0, 0.05) is 6.54 Å². The summed E-state index contributed by atoms with van der Waals surface area (Å²) in [4.78, 5) is 17.2. The molecule has 3 rings (SSSR count). The third-order valence-electron chi connectivity index (χ3n) is 3.90. The molecule has 0 spiro atoms. The summed E-state index contributed by atoms with van der Waals surface area (Å²) in [7, 11) is 0. The quantitative estimate of drug-likeness (QED) is 0.684. The highest BCUT2D eigenvalue weighted by Crippen LogP contribution is 2.20. The van der Waals surface area contributed by atoms with E-state index in [1.807, 2.05) is 4.57 Å². The molecule has 0 N–H and O–H groups in total. The van der Waals surface area contributed by atoms with E-state index >= 15 is 0 Å². The van der Waals surface area contributed by atoms with Gasteiger partial charge in [0.15, 0.2) is 4.80 Å². The summed E-state index contributed by atoms with van der Waals surface area (Å²) in [5.41, 5.74) is 2.32. The molecule has 1 aromatic heterocycles. The molecule has 0 fully saturated rings. The van der Waals surface area contributed by atoms with Gasteiger partial charge in [-0.15, -0.1) is 0 Å². The van der Waals surface area contributed by atoms with Gasteiger partial charge in [0.1, 0.15) is 5.82 Å². The van der Waals surface area contributed by atoms with E-state index < -0.39 is 11.7 Å². The average molecular weight is 342 g/mol. The maximum Gasteiger partial charge on any atom is 0.282 e. The van der Waals surface area contributed by atoms with Crippen LogP contribution in [0, 0.1) is 5.82 Å². The Morgan fingerprint density at radius 2 is 2.00 bits per heavy atom. The maximum absolute atomic E-state index is 13.8. The fraction of sp³-hybridized carbons (Fsp3) is 0.263. The molecule has 0 saturated heterocycles. The Morgan fingerprint density at radius 1 is 1.21 bits per heavy atom. The Labute approximate surface area is 144 Å². The molecule has 1 heterocycles. The summed E-state index contributed by atoms with van der Waals surface area (Å²) < 4.78 is 17.0. The number of aryl methyl sites for hydroxylation is 2. The number of thiazole rings is 1. The molecule has 124 valence electrons. The van der Waals surface area contributed by atoms with Crippen LogP contribution in [0.1, 0.15) is 36.2 Å². The second kappa shape index (κ2) is 7.09. The average Bonchev–Trinajstić information content (AvgIpc) is 2.92. The third-order valence-corrected chi connectivity index (χ3v) is 4.95. The normalized spacial score (nSPS) is 12.0. The molecule has 0 radical (unpaired) electrons. The molecule has 0 atom stereocenters. The van der Waals surface area contributed by atoms with Gasteiger partial charge < -0.3 is 4.57 Å². The van der Waals surface area contributed by atoms with Crippen LogP contribution < -0.4 is 4.80 Å². The van der Waals surface area contributed by atoms with Crippen molar-refractivity contribution in [1.82, 2.24) is 4.57 Å². The Bertz CT molecular complexity index is 955. The summed E-state index contributed by atoms with van der Waals surface area (Å²) in [5.74, 6) is -1.08. The number of halogens is 1. The monoisotopic (exact) mass is 342 g/mol. The third kappa shape index (κ3) is 3.17. The minimum absolute atomic E-state index is 0.00671. The lowest BCUT2D eigenvalue weighted by molar-refractivity contribution is 0.0994. The molecule has 0 aliphatic heterocycles. The van der Waals surface area contributed by atoms with Crippen molar-refractivity contribution in [3.63, 3.8) is 0 Å². The smallest absolute Gasteiger partial charge is 0.282 e. The molecule has 24 heavy (non-hydrogen) atoms. The first-order chi connectivity index (χ1) is 11.6. The van der Waals surface area contributed by atoms with Crippen LogP contribution >= 0.6 is 11.3 Å². The SMILES string of the molecule is CCCn1c(=NC(=O)c2ccccc2F)sc2cc(CC)ccc21. The molecule has 3 aromatic rings. The van der Waals surface area contributed by atoms with Crippen LogP contribution in [-0.4, -0.2) is 10.5 Å². The topological polar surface area (TPSA) is 34.4 Å². The Hall–Kier alpha value is -2.27. The molecule has 0 aliphatic rings. The summed E-state index contributed by atoms with van der Waals surface area (Å²) in [6, 6.07) is 12.3. The Balaban J connectivity index is 2.15. The van der Waals surface area contributed by atoms with Crippen LogP contribution in [-0.2, 0) is 13.0 Å². The largest absolute Gasteiger partial charge is 0.316 e. The van der Waals surface area contributed by atoms with Crippen molar-refractivity contribution in [3.8, 4) is 0 Å². The zero-order valence-corrected chi connectivity index (χ0v) is 14.6. The van der Waals surface area contributed by atoms with Gasteiger partial charge in [0.05, 0.1) is 15.8 Å². The number of amides is 1. The lowest BCUT2D eigenvalue weighted by atomic mass is 10.2. The highest BCUT2D eigenvalue weighted by Gasteiger charge is 2.12. The van der Waals surface area contributed by atoms with Crippen LogP contribution in [0.4, 0.5) is 4.39 Å². The van der Waals surface area contributed by atoms with Gasteiger partial charge in [-0.2, -0.15) is 4.99 Å². The van der Waals surface area contributed by atoms with E-state index in [1.165, 1.54) is 29.0 Å².